The van der Waals surface area contributed by atoms with Gasteiger partial charge in [-0.3, -0.25) is 0 Å². The highest BCUT2D eigenvalue weighted by molar-refractivity contribution is 7.99. The quantitative estimate of drug-likeness (QED) is 0.882. The van der Waals surface area contributed by atoms with Crippen LogP contribution in [0, 0.1) is 0 Å². The number of thioether (sulfide) groups is 1. The molecule has 4 nitrogen and oxygen atoms in total. The SMILES string of the molecule is CCNC1c2ccccc2CCCC1Sc1nncn1C. The summed E-state index contributed by atoms with van der Waals surface area (Å²) in [4.78, 5) is 0. The van der Waals surface area contributed by atoms with Gasteiger partial charge in [0.15, 0.2) is 5.16 Å². The fourth-order valence-corrected chi connectivity index (χ4v) is 4.27. The Morgan fingerprint density at radius 2 is 2.24 bits per heavy atom. The van der Waals surface area contributed by atoms with Gasteiger partial charge in [-0.15, -0.1) is 10.2 Å². The van der Waals surface area contributed by atoms with Crippen LogP contribution in [0.2, 0.25) is 0 Å². The Morgan fingerprint density at radius 3 is 3.00 bits per heavy atom. The molecule has 1 N–H and O–H groups in total. The topological polar surface area (TPSA) is 42.7 Å². The molecule has 0 bridgehead atoms. The summed E-state index contributed by atoms with van der Waals surface area (Å²) in [6.45, 7) is 3.16. The van der Waals surface area contributed by atoms with Gasteiger partial charge in [0, 0.05) is 18.3 Å². The summed E-state index contributed by atoms with van der Waals surface area (Å²) < 4.78 is 2.00. The van der Waals surface area contributed by atoms with E-state index in [1.165, 1.54) is 30.4 Å². The number of nitrogens with one attached hydrogen (secondary N) is 1. The summed E-state index contributed by atoms with van der Waals surface area (Å²) in [5.41, 5.74) is 2.95. The molecule has 0 spiro atoms. The number of rotatable bonds is 4. The van der Waals surface area contributed by atoms with Crippen molar-refractivity contribution in [3.63, 3.8) is 0 Å². The van der Waals surface area contributed by atoms with Crippen molar-refractivity contribution < 1.29 is 0 Å². The molecule has 1 aliphatic carbocycles. The zero-order chi connectivity index (χ0) is 14.7. The van der Waals surface area contributed by atoms with Crippen molar-refractivity contribution in [3.05, 3.63) is 41.7 Å². The molecule has 3 rings (SSSR count). The largest absolute Gasteiger partial charge is 0.312 e. The molecular weight excluding hydrogens is 280 g/mol. The lowest BCUT2D eigenvalue weighted by Gasteiger charge is -2.26. The Kier molecular flexibility index (Phi) is 4.60. The number of aromatic nitrogens is 3. The molecule has 2 unspecified atom stereocenters. The van der Waals surface area contributed by atoms with Crippen LogP contribution in [0.3, 0.4) is 0 Å². The van der Waals surface area contributed by atoms with Crippen LogP contribution in [-0.2, 0) is 13.5 Å². The molecule has 2 aromatic rings. The molecule has 1 aliphatic rings. The van der Waals surface area contributed by atoms with Gasteiger partial charge < -0.3 is 9.88 Å². The maximum absolute atomic E-state index is 4.24. The fourth-order valence-electron chi connectivity index (χ4n) is 3.03. The average molecular weight is 302 g/mol. The van der Waals surface area contributed by atoms with Crippen molar-refractivity contribution in [2.75, 3.05) is 6.54 Å². The molecule has 0 saturated heterocycles. The van der Waals surface area contributed by atoms with Crippen molar-refractivity contribution in [3.8, 4) is 0 Å². The van der Waals surface area contributed by atoms with Gasteiger partial charge >= 0.3 is 0 Å². The van der Waals surface area contributed by atoms with E-state index in [4.69, 9.17) is 0 Å². The minimum absolute atomic E-state index is 0.385. The van der Waals surface area contributed by atoms with Crippen LogP contribution in [0.5, 0.6) is 0 Å². The molecule has 0 radical (unpaired) electrons. The van der Waals surface area contributed by atoms with Crippen LogP contribution >= 0.6 is 11.8 Å². The van der Waals surface area contributed by atoms with Crippen molar-refractivity contribution in [2.45, 2.75) is 42.6 Å². The van der Waals surface area contributed by atoms with Crippen LogP contribution in [0.4, 0.5) is 0 Å². The van der Waals surface area contributed by atoms with Crippen molar-refractivity contribution in [1.29, 1.82) is 0 Å². The molecule has 0 saturated carbocycles. The van der Waals surface area contributed by atoms with Crippen LogP contribution in [0.15, 0.2) is 35.7 Å². The van der Waals surface area contributed by atoms with Gasteiger partial charge in [0.2, 0.25) is 0 Å². The standard InChI is InChI=1S/C16H22N4S/c1-3-17-15-13-9-5-4-7-12(13)8-6-10-14(15)21-16-19-18-11-20(16)2/h4-5,7,9,11,14-15,17H,3,6,8,10H2,1-2H3. The smallest absolute Gasteiger partial charge is 0.191 e. The second kappa shape index (κ2) is 6.62. The zero-order valence-electron chi connectivity index (χ0n) is 12.6. The predicted molar refractivity (Wildman–Crippen MR) is 86.4 cm³/mol. The van der Waals surface area contributed by atoms with Gasteiger partial charge in [0.25, 0.3) is 0 Å². The normalized spacial score (nSPS) is 21.8. The molecule has 112 valence electrons. The molecule has 0 amide bonds. The van der Waals surface area contributed by atoms with Crippen molar-refractivity contribution in [2.24, 2.45) is 7.05 Å². The van der Waals surface area contributed by atoms with Crippen molar-refractivity contribution in [1.82, 2.24) is 20.1 Å². The number of nitrogens with zero attached hydrogens (tertiary/aromatic N) is 3. The van der Waals surface area contributed by atoms with Crippen LogP contribution in [0.1, 0.15) is 36.9 Å². The molecule has 21 heavy (non-hydrogen) atoms. The highest BCUT2D eigenvalue weighted by Gasteiger charge is 2.28. The fraction of sp³-hybridized carbons (Fsp3) is 0.500. The van der Waals surface area contributed by atoms with E-state index < -0.39 is 0 Å². The number of hydrogen-bond donors (Lipinski definition) is 1. The van der Waals surface area contributed by atoms with Gasteiger partial charge in [-0.05, 0) is 36.9 Å². The number of fused-ring (bicyclic) bond motifs is 1. The summed E-state index contributed by atoms with van der Waals surface area (Å²) in [7, 11) is 2.01. The molecule has 5 heteroatoms. The Balaban J connectivity index is 1.90. The van der Waals surface area contributed by atoms with Gasteiger partial charge in [-0.25, -0.2) is 0 Å². The molecule has 2 atom stereocenters. The van der Waals surface area contributed by atoms with E-state index in [9.17, 15) is 0 Å². The van der Waals surface area contributed by atoms with Crippen LogP contribution in [-0.4, -0.2) is 26.6 Å². The maximum Gasteiger partial charge on any atom is 0.191 e. The van der Waals surface area contributed by atoms with Gasteiger partial charge in [0.05, 0.1) is 0 Å². The van der Waals surface area contributed by atoms with E-state index in [2.05, 4.69) is 46.7 Å². The minimum atomic E-state index is 0.385. The van der Waals surface area contributed by atoms with E-state index in [0.717, 1.165) is 11.7 Å². The Labute approximate surface area is 130 Å². The van der Waals surface area contributed by atoms with E-state index in [0.29, 0.717) is 11.3 Å². The molecule has 1 heterocycles. The van der Waals surface area contributed by atoms with E-state index in [-0.39, 0.29) is 0 Å². The van der Waals surface area contributed by atoms with E-state index in [1.54, 1.807) is 6.33 Å². The Bertz CT molecular complexity index is 595. The Hall–Kier alpha value is -1.33. The third-order valence-electron chi connectivity index (χ3n) is 4.05. The van der Waals surface area contributed by atoms with Gasteiger partial charge in [-0.2, -0.15) is 0 Å². The monoisotopic (exact) mass is 302 g/mol. The first-order chi connectivity index (χ1) is 10.3. The molecule has 0 fully saturated rings. The number of benzene rings is 1. The third kappa shape index (κ3) is 3.14. The average Bonchev–Trinajstić information content (AvgIpc) is 2.81. The van der Waals surface area contributed by atoms with Crippen molar-refractivity contribution >= 4 is 11.8 Å². The molecule has 1 aromatic heterocycles. The first-order valence-electron chi connectivity index (χ1n) is 7.61. The summed E-state index contributed by atoms with van der Waals surface area (Å²) in [6.07, 6.45) is 5.38. The summed E-state index contributed by atoms with van der Waals surface area (Å²) in [5.74, 6) is 0. The summed E-state index contributed by atoms with van der Waals surface area (Å²) in [6, 6.07) is 9.24. The molecule has 0 aliphatic heterocycles. The van der Waals surface area contributed by atoms with Gasteiger partial charge in [0.1, 0.15) is 6.33 Å². The first-order valence-corrected chi connectivity index (χ1v) is 8.49. The lowest BCUT2D eigenvalue weighted by atomic mass is 9.99. The lowest BCUT2D eigenvalue weighted by molar-refractivity contribution is 0.515. The summed E-state index contributed by atoms with van der Waals surface area (Å²) in [5, 5.41) is 13.4. The maximum atomic E-state index is 4.24. The predicted octanol–water partition coefficient (Wildman–Crippen LogP) is 2.96. The van der Waals surface area contributed by atoms with Gasteiger partial charge in [-0.1, -0.05) is 43.0 Å². The molecular formula is C16H22N4S. The summed E-state index contributed by atoms with van der Waals surface area (Å²) >= 11 is 1.85. The Morgan fingerprint density at radius 1 is 1.38 bits per heavy atom. The highest BCUT2D eigenvalue weighted by Crippen LogP contribution is 2.38. The number of aryl methyl sites for hydroxylation is 2. The third-order valence-corrected chi connectivity index (χ3v) is 5.44. The number of hydrogen-bond acceptors (Lipinski definition) is 4. The minimum Gasteiger partial charge on any atom is -0.312 e. The molecule has 1 aromatic carbocycles. The second-order valence-electron chi connectivity index (χ2n) is 5.51. The van der Waals surface area contributed by atoms with Crippen LogP contribution < -0.4 is 5.32 Å². The lowest BCUT2D eigenvalue weighted by Crippen LogP contribution is -2.30. The zero-order valence-corrected chi connectivity index (χ0v) is 13.4. The van der Waals surface area contributed by atoms with E-state index >= 15 is 0 Å². The van der Waals surface area contributed by atoms with E-state index in [1.807, 2.05) is 23.4 Å². The van der Waals surface area contributed by atoms with Crippen LogP contribution in [0.25, 0.3) is 0 Å². The highest BCUT2D eigenvalue weighted by atomic mass is 32.2. The first kappa shape index (κ1) is 14.6. The second-order valence-corrected chi connectivity index (χ2v) is 6.71.